The van der Waals surface area contributed by atoms with E-state index in [9.17, 15) is 13.2 Å². The fraction of sp³-hybridized carbons (Fsp3) is 0.150. The molecular formula is C20H19NO4S. The molecule has 0 unspecified atom stereocenters. The number of carbonyl (C=O) groups is 1. The summed E-state index contributed by atoms with van der Waals surface area (Å²) in [6.45, 7) is 0.688. The number of amides is 1. The molecule has 1 heterocycles. The number of furan rings is 1. The Balaban J connectivity index is 1.91. The van der Waals surface area contributed by atoms with Crippen LogP contribution in [-0.2, 0) is 22.9 Å². The molecule has 0 radical (unpaired) electrons. The molecule has 3 rings (SSSR count). The van der Waals surface area contributed by atoms with Gasteiger partial charge in [0.05, 0.1) is 17.7 Å². The van der Waals surface area contributed by atoms with Crippen molar-refractivity contribution in [2.75, 3.05) is 6.26 Å². The monoisotopic (exact) mass is 369 g/mol. The zero-order valence-corrected chi connectivity index (χ0v) is 15.1. The van der Waals surface area contributed by atoms with Crippen LogP contribution in [0.1, 0.15) is 21.7 Å². The molecule has 3 aromatic rings. The van der Waals surface area contributed by atoms with Gasteiger partial charge in [0.15, 0.2) is 9.84 Å². The predicted molar refractivity (Wildman–Crippen MR) is 98.3 cm³/mol. The average molecular weight is 369 g/mol. The Labute approximate surface area is 152 Å². The second-order valence-electron chi connectivity index (χ2n) is 6.03. The summed E-state index contributed by atoms with van der Waals surface area (Å²) in [4.78, 5) is 14.8. The summed E-state index contributed by atoms with van der Waals surface area (Å²) >= 11 is 0. The van der Waals surface area contributed by atoms with Gasteiger partial charge in [-0.15, -0.1) is 0 Å². The molecule has 26 heavy (non-hydrogen) atoms. The second-order valence-corrected chi connectivity index (χ2v) is 8.04. The molecule has 6 heteroatoms. The van der Waals surface area contributed by atoms with Gasteiger partial charge in [-0.1, -0.05) is 36.4 Å². The normalized spacial score (nSPS) is 11.3. The van der Waals surface area contributed by atoms with Gasteiger partial charge < -0.3 is 9.32 Å². The zero-order chi connectivity index (χ0) is 18.6. The van der Waals surface area contributed by atoms with Gasteiger partial charge in [-0.05, 0) is 35.9 Å². The first-order valence-electron chi connectivity index (χ1n) is 8.09. The minimum atomic E-state index is -3.38. The molecular weight excluding hydrogens is 350 g/mol. The number of hydrogen-bond donors (Lipinski definition) is 0. The highest BCUT2D eigenvalue weighted by atomic mass is 32.2. The predicted octanol–water partition coefficient (Wildman–Crippen LogP) is 3.53. The van der Waals surface area contributed by atoms with Gasteiger partial charge in [-0.25, -0.2) is 8.42 Å². The van der Waals surface area contributed by atoms with E-state index >= 15 is 0 Å². The van der Waals surface area contributed by atoms with Gasteiger partial charge in [-0.2, -0.15) is 0 Å². The van der Waals surface area contributed by atoms with Gasteiger partial charge in [0.1, 0.15) is 5.76 Å². The molecule has 0 spiro atoms. The number of hydrogen-bond acceptors (Lipinski definition) is 4. The van der Waals surface area contributed by atoms with E-state index < -0.39 is 9.84 Å². The summed E-state index contributed by atoms with van der Waals surface area (Å²) in [5.41, 5.74) is 1.31. The van der Waals surface area contributed by atoms with Crippen molar-refractivity contribution < 1.29 is 17.6 Å². The van der Waals surface area contributed by atoms with E-state index in [0.717, 1.165) is 11.8 Å². The van der Waals surface area contributed by atoms with Crippen molar-refractivity contribution >= 4 is 15.7 Å². The first-order chi connectivity index (χ1) is 12.4. The Bertz CT molecular complexity index is 980. The molecule has 0 atom stereocenters. The Hall–Kier alpha value is -2.86. The zero-order valence-electron chi connectivity index (χ0n) is 14.3. The Morgan fingerprint density at radius 3 is 2.38 bits per heavy atom. The van der Waals surface area contributed by atoms with Gasteiger partial charge in [0, 0.05) is 18.4 Å². The van der Waals surface area contributed by atoms with Crippen LogP contribution >= 0.6 is 0 Å². The topological polar surface area (TPSA) is 67.6 Å². The summed E-state index contributed by atoms with van der Waals surface area (Å²) in [6, 6.07) is 19.3. The summed E-state index contributed by atoms with van der Waals surface area (Å²) in [7, 11) is -3.38. The molecule has 5 nitrogen and oxygen atoms in total. The van der Waals surface area contributed by atoms with Crippen LogP contribution in [0.2, 0.25) is 0 Å². The van der Waals surface area contributed by atoms with Crippen LogP contribution in [0.5, 0.6) is 0 Å². The third kappa shape index (κ3) is 4.40. The molecule has 2 aromatic carbocycles. The van der Waals surface area contributed by atoms with Gasteiger partial charge in [0.25, 0.3) is 5.91 Å². The largest absolute Gasteiger partial charge is 0.467 e. The molecule has 0 saturated heterocycles. The van der Waals surface area contributed by atoms with Crippen molar-refractivity contribution in [2.24, 2.45) is 0 Å². The van der Waals surface area contributed by atoms with E-state index in [0.29, 0.717) is 24.4 Å². The average Bonchev–Trinajstić information content (AvgIpc) is 3.14. The fourth-order valence-electron chi connectivity index (χ4n) is 2.64. The van der Waals surface area contributed by atoms with E-state index in [1.165, 1.54) is 12.1 Å². The van der Waals surface area contributed by atoms with Crippen molar-refractivity contribution in [3.05, 3.63) is 89.9 Å². The van der Waals surface area contributed by atoms with Gasteiger partial charge in [-0.3, -0.25) is 4.79 Å². The highest BCUT2D eigenvalue weighted by molar-refractivity contribution is 7.90. The first-order valence-corrected chi connectivity index (χ1v) is 9.98. The highest BCUT2D eigenvalue weighted by Crippen LogP contribution is 2.17. The standard InChI is InChI=1S/C20H19NO4S/c1-26(23,24)19-11-5-9-17(13-19)20(22)21(15-18-10-6-12-25-18)14-16-7-3-2-4-8-16/h2-13H,14-15H2,1H3. The Morgan fingerprint density at radius 1 is 0.962 bits per heavy atom. The van der Waals surface area contributed by atoms with E-state index in [-0.39, 0.29) is 10.8 Å². The fourth-order valence-corrected chi connectivity index (χ4v) is 3.30. The van der Waals surface area contributed by atoms with Crippen LogP contribution in [0.3, 0.4) is 0 Å². The molecule has 1 amide bonds. The van der Waals surface area contributed by atoms with Crippen molar-refractivity contribution in [1.82, 2.24) is 4.90 Å². The minimum Gasteiger partial charge on any atom is -0.467 e. The quantitative estimate of drug-likeness (QED) is 0.667. The third-order valence-corrected chi connectivity index (χ3v) is 5.05. The van der Waals surface area contributed by atoms with E-state index in [1.807, 2.05) is 30.3 Å². The van der Waals surface area contributed by atoms with Crippen molar-refractivity contribution in [3.8, 4) is 0 Å². The molecule has 0 saturated carbocycles. The van der Waals surface area contributed by atoms with Gasteiger partial charge in [0.2, 0.25) is 0 Å². The molecule has 0 aliphatic heterocycles. The number of benzene rings is 2. The van der Waals surface area contributed by atoms with Crippen LogP contribution in [0.25, 0.3) is 0 Å². The number of nitrogens with zero attached hydrogens (tertiary/aromatic N) is 1. The van der Waals surface area contributed by atoms with Crippen molar-refractivity contribution in [3.63, 3.8) is 0 Å². The molecule has 134 valence electrons. The lowest BCUT2D eigenvalue weighted by Crippen LogP contribution is -2.30. The molecule has 0 bridgehead atoms. The maximum Gasteiger partial charge on any atom is 0.254 e. The summed E-state index contributed by atoms with van der Waals surface area (Å²) in [5, 5.41) is 0. The summed E-state index contributed by atoms with van der Waals surface area (Å²) in [5.74, 6) is 0.407. The number of sulfone groups is 1. The second kappa shape index (κ2) is 7.58. The van der Waals surface area contributed by atoms with Crippen LogP contribution in [0.4, 0.5) is 0 Å². The van der Waals surface area contributed by atoms with E-state index in [1.54, 1.807) is 35.4 Å². The van der Waals surface area contributed by atoms with E-state index in [2.05, 4.69) is 0 Å². The van der Waals surface area contributed by atoms with Crippen LogP contribution in [0.15, 0.2) is 82.3 Å². The summed E-state index contributed by atoms with van der Waals surface area (Å²) < 4.78 is 28.9. The molecule has 1 aromatic heterocycles. The van der Waals surface area contributed by atoms with Crippen molar-refractivity contribution in [1.29, 1.82) is 0 Å². The molecule has 0 aliphatic carbocycles. The lowest BCUT2D eigenvalue weighted by atomic mass is 10.1. The van der Waals surface area contributed by atoms with Crippen LogP contribution in [-0.4, -0.2) is 25.5 Å². The lowest BCUT2D eigenvalue weighted by molar-refractivity contribution is 0.0717. The Kier molecular flexibility index (Phi) is 5.23. The Morgan fingerprint density at radius 2 is 1.73 bits per heavy atom. The first kappa shape index (κ1) is 17.9. The molecule has 0 aliphatic rings. The third-order valence-electron chi connectivity index (χ3n) is 3.94. The molecule has 0 fully saturated rings. The SMILES string of the molecule is CS(=O)(=O)c1cccc(C(=O)N(Cc2ccccc2)Cc2ccco2)c1. The minimum absolute atomic E-state index is 0.126. The van der Waals surface area contributed by atoms with Crippen LogP contribution in [0, 0.1) is 0 Å². The highest BCUT2D eigenvalue weighted by Gasteiger charge is 2.19. The van der Waals surface area contributed by atoms with E-state index in [4.69, 9.17) is 4.42 Å². The maximum atomic E-state index is 13.0. The maximum absolute atomic E-state index is 13.0. The summed E-state index contributed by atoms with van der Waals surface area (Å²) in [6.07, 6.45) is 2.69. The smallest absolute Gasteiger partial charge is 0.254 e. The van der Waals surface area contributed by atoms with Gasteiger partial charge >= 0.3 is 0 Å². The van der Waals surface area contributed by atoms with Crippen LogP contribution < -0.4 is 0 Å². The number of carbonyl (C=O) groups excluding carboxylic acids is 1. The van der Waals surface area contributed by atoms with Crippen molar-refractivity contribution in [2.45, 2.75) is 18.0 Å². The lowest BCUT2D eigenvalue weighted by Gasteiger charge is -2.22. The number of rotatable bonds is 6. The molecule has 0 N–H and O–H groups in total.